The number of nitrogens with one attached hydrogen (secondary N) is 3. The third kappa shape index (κ3) is 1.58. The molecule has 6 rings (SSSR count). The zero-order valence-electron chi connectivity index (χ0n) is 13.3. The van der Waals surface area contributed by atoms with Crippen LogP contribution in [0.5, 0.6) is 0 Å². The Morgan fingerprint density at radius 3 is 3.17 bits per heavy atom. The Labute approximate surface area is 138 Å². The van der Waals surface area contributed by atoms with Crippen molar-refractivity contribution in [3.63, 3.8) is 0 Å². The number of hydrogen-bond acceptors (Lipinski definition) is 3. The molecule has 3 heterocycles. The van der Waals surface area contributed by atoms with Gasteiger partial charge in [0.2, 0.25) is 5.91 Å². The molecule has 3 saturated carbocycles. The quantitative estimate of drug-likeness (QED) is 0.692. The number of fused-ring (bicyclic) bond motifs is 3. The van der Waals surface area contributed by atoms with Crippen LogP contribution in [-0.4, -0.2) is 31.9 Å². The summed E-state index contributed by atoms with van der Waals surface area (Å²) in [4.78, 5) is 27.7. The lowest BCUT2D eigenvalue weighted by Gasteiger charge is -2.33. The van der Waals surface area contributed by atoms with Crippen LogP contribution in [0.4, 0.5) is 0 Å². The van der Waals surface area contributed by atoms with Gasteiger partial charge in [-0.15, -0.1) is 0 Å². The molecule has 0 aromatic carbocycles. The summed E-state index contributed by atoms with van der Waals surface area (Å²) in [6, 6.07) is 2.38. The van der Waals surface area contributed by atoms with Gasteiger partial charge in [-0.1, -0.05) is 0 Å². The zero-order chi connectivity index (χ0) is 15.9. The van der Waals surface area contributed by atoms with Gasteiger partial charge in [0.25, 0.3) is 0 Å². The molecule has 4 unspecified atom stereocenters. The molecule has 3 aliphatic carbocycles. The number of aromatic nitrogens is 4. The molecule has 3 aromatic rings. The van der Waals surface area contributed by atoms with E-state index in [9.17, 15) is 4.79 Å². The number of carbonyl (C=O) groups excluding carboxylic acids is 1. The van der Waals surface area contributed by atoms with Crippen molar-refractivity contribution in [1.82, 2.24) is 25.3 Å². The van der Waals surface area contributed by atoms with Gasteiger partial charge < -0.3 is 15.3 Å². The van der Waals surface area contributed by atoms with Gasteiger partial charge in [0, 0.05) is 17.6 Å². The number of aromatic amines is 2. The van der Waals surface area contributed by atoms with E-state index < -0.39 is 0 Å². The van der Waals surface area contributed by atoms with Crippen LogP contribution in [-0.2, 0) is 11.2 Å². The summed E-state index contributed by atoms with van der Waals surface area (Å²) in [6.07, 6.45) is 9.19. The van der Waals surface area contributed by atoms with E-state index >= 15 is 0 Å². The first kappa shape index (κ1) is 13.0. The molecule has 0 aliphatic heterocycles. The van der Waals surface area contributed by atoms with Crippen molar-refractivity contribution in [2.24, 2.45) is 17.3 Å². The molecular formula is C18H19N5O. The van der Waals surface area contributed by atoms with E-state index in [0.29, 0.717) is 23.7 Å². The van der Waals surface area contributed by atoms with Gasteiger partial charge in [-0.25, -0.2) is 9.97 Å². The fourth-order valence-corrected chi connectivity index (χ4v) is 5.38. The predicted molar refractivity (Wildman–Crippen MR) is 89.3 cm³/mol. The summed E-state index contributed by atoms with van der Waals surface area (Å²) in [5.74, 6) is 2.43. The molecule has 3 aliphatic rings. The molecule has 3 aromatic heterocycles. The molecule has 1 spiro atoms. The second kappa shape index (κ2) is 4.18. The molecule has 0 radical (unpaired) electrons. The summed E-state index contributed by atoms with van der Waals surface area (Å²) < 4.78 is 0. The Kier molecular flexibility index (Phi) is 2.26. The molecule has 3 N–H and O–H groups in total. The standard InChI is InChI=1S/C18H19N5O/c24-15(22-12-5-9-1-3-18(9)7-11(12)18)6-14-21-13-8-20-17-10(2-4-19-17)16(13)23-14/h2,4,8-9,11-12H,1,3,5-7H2,(H,19,20)(H,21,23)(H,22,24). The highest BCUT2D eigenvalue weighted by atomic mass is 16.1. The van der Waals surface area contributed by atoms with Gasteiger partial charge in [0.05, 0.1) is 18.1 Å². The topological polar surface area (TPSA) is 86.5 Å². The number of amides is 1. The number of nitrogens with zero attached hydrogens (tertiary/aromatic N) is 2. The first-order valence-electron chi connectivity index (χ1n) is 8.83. The lowest BCUT2D eigenvalue weighted by Crippen LogP contribution is -2.36. The molecule has 1 amide bonds. The van der Waals surface area contributed by atoms with Gasteiger partial charge in [-0.2, -0.15) is 0 Å². The lowest BCUT2D eigenvalue weighted by molar-refractivity contribution is -0.121. The fourth-order valence-electron chi connectivity index (χ4n) is 5.38. The van der Waals surface area contributed by atoms with Crippen LogP contribution in [0.2, 0.25) is 0 Å². The predicted octanol–water partition coefficient (Wildman–Crippen LogP) is 2.29. The average Bonchev–Trinajstić information content (AvgIpc) is 2.85. The minimum absolute atomic E-state index is 0.0840. The Balaban J connectivity index is 1.22. The van der Waals surface area contributed by atoms with Crippen LogP contribution < -0.4 is 5.32 Å². The Bertz CT molecular complexity index is 988. The van der Waals surface area contributed by atoms with E-state index in [1.165, 1.54) is 25.7 Å². The maximum atomic E-state index is 12.5. The van der Waals surface area contributed by atoms with E-state index in [-0.39, 0.29) is 5.91 Å². The summed E-state index contributed by atoms with van der Waals surface area (Å²) in [7, 11) is 0. The van der Waals surface area contributed by atoms with Crippen molar-refractivity contribution < 1.29 is 4.79 Å². The van der Waals surface area contributed by atoms with Crippen LogP contribution in [0.25, 0.3) is 22.1 Å². The first-order chi connectivity index (χ1) is 11.7. The summed E-state index contributed by atoms with van der Waals surface area (Å²) >= 11 is 0. The Morgan fingerprint density at radius 2 is 2.42 bits per heavy atom. The summed E-state index contributed by atoms with van der Waals surface area (Å²) in [5, 5.41) is 4.28. The molecule has 6 heteroatoms. The molecule has 0 bridgehead atoms. The summed E-state index contributed by atoms with van der Waals surface area (Å²) in [6.45, 7) is 0. The van der Waals surface area contributed by atoms with E-state index in [4.69, 9.17) is 0 Å². The number of hydrogen-bond donors (Lipinski definition) is 3. The van der Waals surface area contributed by atoms with Crippen molar-refractivity contribution in [1.29, 1.82) is 0 Å². The third-order valence-electron chi connectivity index (χ3n) is 6.74. The fraction of sp³-hybridized carbons (Fsp3) is 0.500. The van der Waals surface area contributed by atoms with Gasteiger partial charge >= 0.3 is 0 Å². The number of rotatable bonds is 3. The van der Waals surface area contributed by atoms with Crippen molar-refractivity contribution in [2.75, 3.05) is 0 Å². The monoisotopic (exact) mass is 321 g/mol. The largest absolute Gasteiger partial charge is 0.353 e. The molecular weight excluding hydrogens is 302 g/mol. The first-order valence-corrected chi connectivity index (χ1v) is 8.83. The van der Waals surface area contributed by atoms with E-state index in [1.54, 1.807) is 6.20 Å². The molecule has 4 atom stereocenters. The molecule has 122 valence electrons. The van der Waals surface area contributed by atoms with E-state index in [2.05, 4.69) is 25.3 Å². The van der Waals surface area contributed by atoms with Crippen LogP contribution >= 0.6 is 0 Å². The van der Waals surface area contributed by atoms with Crippen LogP contribution in [0.15, 0.2) is 18.5 Å². The number of carbonyl (C=O) groups is 1. The summed E-state index contributed by atoms with van der Waals surface area (Å²) in [5.41, 5.74) is 3.24. The SMILES string of the molecule is O=C(Cc1nc2cnc3[nH]ccc3c2[nH]1)NC1CC2CCC23CC13. The minimum atomic E-state index is 0.0840. The highest BCUT2D eigenvalue weighted by molar-refractivity contribution is 6.00. The maximum Gasteiger partial charge on any atom is 0.227 e. The van der Waals surface area contributed by atoms with Crippen LogP contribution in [0.1, 0.15) is 31.5 Å². The zero-order valence-corrected chi connectivity index (χ0v) is 13.3. The number of imidazole rings is 1. The number of H-pyrrole nitrogens is 2. The minimum Gasteiger partial charge on any atom is -0.353 e. The highest BCUT2D eigenvalue weighted by Crippen LogP contribution is 2.75. The maximum absolute atomic E-state index is 12.5. The number of pyridine rings is 1. The van der Waals surface area contributed by atoms with Gasteiger partial charge in [0.1, 0.15) is 17.0 Å². The molecule has 0 saturated heterocycles. The normalized spacial score (nSPS) is 33.2. The van der Waals surface area contributed by atoms with Gasteiger partial charge in [0.15, 0.2) is 0 Å². The molecule has 6 nitrogen and oxygen atoms in total. The van der Waals surface area contributed by atoms with Crippen molar-refractivity contribution in [3.8, 4) is 0 Å². The van der Waals surface area contributed by atoms with Crippen molar-refractivity contribution >= 4 is 28.0 Å². The third-order valence-corrected chi connectivity index (χ3v) is 6.74. The van der Waals surface area contributed by atoms with E-state index in [0.717, 1.165) is 33.9 Å². The van der Waals surface area contributed by atoms with Crippen LogP contribution in [0.3, 0.4) is 0 Å². The van der Waals surface area contributed by atoms with Gasteiger partial charge in [-0.3, -0.25) is 4.79 Å². The van der Waals surface area contributed by atoms with Crippen LogP contribution in [0, 0.1) is 17.3 Å². The van der Waals surface area contributed by atoms with E-state index in [1.807, 2.05) is 12.3 Å². The molecule has 24 heavy (non-hydrogen) atoms. The van der Waals surface area contributed by atoms with Crippen molar-refractivity contribution in [3.05, 3.63) is 24.3 Å². The second-order valence-corrected chi connectivity index (χ2v) is 7.81. The second-order valence-electron chi connectivity index (χ2n) is 7.81. The highest BCUT2D eigenvalue weighted by Gasteiger charge is 2.70. The average molecular weight is 321 g/mol. The smallest absolute Gasteiger partial charge is 0.227 e. The lowest BCUT2D eigenvalue weighted by atomic mass is 9.71. The van der Waals surface area contributed by atoms with Gasteiger partial charge in [-0.05, 0) is 49.0 Å². The molecule has 3 fully saturated rings. The Morgan fingerprint density at radius 1 is 1.46 bits per heavy atom. The Hall–Kier alpha value is -2.37. The van der Waals surface area contributed by atoms with Crippen molar-refractivity contribution in [2.45, 2.75) is 38.1 Å².